The molecule has 0 unspecified atom stereocenters. The van der Waals surface area contributed by atoms with Gasteiger partial charge < -0.3 is 0 Å². The highest BCUT2D eigenvalue weighted by Crippen LogP contribution is 2.53. The summed E-state index contributed by atoms with van der Waals surface area (Å²) in [4.78, 5) is 9.72. The van der Waals surface area contributed by atoms with Crippen LogP contribution in [-0.2, 0) is 3.23 Å². The zero-order chi connectivity index (χ0) is 17.8. The van der Waals surface area contributed by atoms with Gasteiger partial charge in [-0.1, -0.05) is 78.1 Å². The molecule has 0 atom stereocenters. The Balaban J connectivity index is 1.96. The van der Waals surface area contributed by atoms with Gasteiger partial charge >= 0.3 is 0 Å². The minimum atomic E-state index is -0.401. The molecule has 0 saturated heterocycles. The van der Waals surface area contributed by atoms with Crippen LogP contribution in [0.1, 0.15) is 30.5 Å². The smallest absolute Gasteiger partial charge is 0.130 e. The van der Waals surface area contributed by atoms with Crippen LogP contribution in [-0.4, -0.2) is 16.2 Å². The summed E-state index contributed by atoms with van der Waals surface area (Å²) in [5, 5.41) is 1.10. The Morgan fingerprint density at radius 2 is 1.72 bits per heavy atom. The molecule has 0 radical (unpaired) electrons. The van der Waals surface area contributed by atoms with Crippen molar-refractivity contribution in [2.45, 2.75) is 22.6 Å². The van der Waals surface area contributed by atoms with Gasteiger partial charge in [-0.3, -0.25) is 9.98 Å². The Hall–Kier alpha value is -1.04. The van der Waals surface area contributed by atoms with Gasteiger partial charge in [-0.15, -0.1) is 0 Å². The van der Waals surface area contributed by atoms with E-state index in [4.69, 9.17) is 4.99 Å². The Labute approximate surface area is 172 Å². The van der Waals surface area contributed by atoms with Gasteiger partial charge in [0.15, 0.2) is 0 Å². The number of pyridine rings is 1. The van der Waals surface area contributed by atoms with E-state index in [9.17, 15) is 0 Å². The normalized spacial score (nSPS) is 17.9. The lowest BCUT2D eigenvalue weighted by atomic mass is 9.85. The summed E-state index contributed by atoms with van der Waals surface area (Å²) < 4.78 is 0.632. The van der Waals surface area contributed by atoms with Gasteiger partial charge in [0.25, 0.3) is 0 Å². The van der Waals surface area contributed by atoms with Gasteiger partial charge in [0.05, 0.1) is 16.8 Å². The molecule has 3 aromatic rings. The standard InChI is InChI=1S/C20H15Br3N2/c1-19(2)20(22,23)16-6-4-3-5-15(16)18(25-19)13-9-12-7-8-14(21)10-17(12)24-11-13/h3-11H,1-2H3. The first kappa shape index (κ1) is 17.4. The third-order valence-electron chi connectivity index (χ3n) is 4.60. The Bertz CT molecular complexity index is 1020. The van der Waals surface area contributed by atoms with Crippen LogP contribution >= 0.6 is 47.8 Å². The lowest BCUT2D eigenvalue weighted by Gasteiger charge is -2.41. The van der Waals surface area contributed by atoms with Crippen LogP contribution < -0.4 is 0 Å². The highest BCUT2D eigenvalue weighted by atomic mass is 79.9. The van der Waals surface area contributed by atoms with Crippen molar-refractivity contribution in [3.63, 3.8) is 0 Å². The van der Waals surface area contributed by atoms with E-state index < -0.39 is 3.23 Å². The molecule has 0 spiro atoms. The maximum Gasteiger partial charge on any atom is 0.130 e. The van der Waals surface area contributed by atoms with Crippen molar-refractivity contribution in [2.24, 2.45) is 4.99 Å². The molecule has 2 nitrogen and oxygen atoms in total. The molecule has 0 bridgehead atoms. The van der Waals surface area contributed by atoms with Crippen LogP contribution in [0.4, 0.5) is 0 Å². The van der Waals surface area contributed by atoms with E-state index in [-0.39, 0.29) is 5.54 Å². The average Bonchev–Trinajstić information content (AvgIpc) is 2.58. The van der Waals surface area contributed by atoms with Crippen molar-refractivity contribution in [1.29, 1.82) is 0 Å². The number of aliphatic imine (C=N–C) groups is 1. The zero-order valence-electron chi connectivity index (χ0n) is 13.7. The second kappa shape index (κ2) is 6.00. The molecule has 1 aliphatic rings. The van der Waals surface area contributed by atoms with Gasteiger partial charge in [0.1, 0.15) is 3.23 Å². The number of halogens is 3. The average molecular weight is 523 g/mol. The van der Waals surface area contributed by atoms with Crippen molar-refractivity contribution in [2.75, 3.05) is 0 Å². The van der Waals surface area contributed by atoms with E-state index in [0.717, 1.165) is 32.2 Å². The number of nitrogens with zero attached hydrogens (tertiary/aromatic N) is 2. The molecule has 0 fully saturated rings. The molecule has 126 valence electrons. The predicted molar refractivity (Wildman–Crippen MR) is 115 cm³/mol. The van der Waals surface area contributed by atoms with E-state index in [1.54, 1.807) is 0 Å². The van der Waals surface area contributed by atoms with E-state index >= 15 is 0 Å². The molecule has 2 heterocycles. The molecular formula is C20H15Br3N2. The van der Waals surface area contributed by atoms with Crippen molar-refractivity contribution in [3.05, 3.63) is 75.9 Å². The lowest BCUT2D eigenvalue weighted by Crippen LogP contribution is -2.41. The third kappa shape index (κ3) is 2.81. The number of alkyl halides is 2. The minimum Gasteiger partial charge on any atom is -0.275 e. The van der Waals surface area contributed by atoms with Gasteiger partial charge in [-0.05, 0) is 37.6 Å². The first-order valence-electron chi connectivity index (χ1n) is 7.93. The Morgan fingerprint density at radius 1 is 0.960 bits per heavy atom. The molecule has 0 amide bonds. The minimum absolute atomic E-state index is 0.356. The molecule has 0 aliphatic carbocycles. The number of hydrogen-bond acceptors (Lipinski definition) is 2. The van der Waals surface area contributed by atoms with Crippen molar-refractivity contribution >= 4 is 64.4 Å². The summed E-state index contributed by atoms with van der Waals surface area (Å²) in [6.07, 6.45) is 1.91. The molecule has 2 aromatic carbocycles. The molecule has 0 N–H and O–H groups in total. The van der Waals surface area contributed by atoms with Gasteiger partial charge in [-0.25, -0.2) is 0 Å². The van der Waals surface area contributed by atoms with Crippen LogP contribution in [0, 0.1) is 0 Å². The lowest BCUT2D eigenvalue weighted by molar-refractivity contribution is 0.485. The van der Waals surface area contributed by atoms with Crippen LogP contribution in [0.25, 0.3) is 10.9 Å². The molecule has 0 saturated carbocycles. The fraction of sp³-hybridized carbons (Fsp3) is 0.200. The number of fused-ring (bicyclic) bond motifs is 2. The van der Waals surface area contributed by atoms with Gasteiger partial charge in [0, 0.05) is 27.2 Å². The highest BCUT2D eigenvalue weighted by molar-refractivity contribution is 9.24. The second-order valence-corrected chi connectivity index (χ2v) is 11.1. The first-order chi connectivity index (χ1) is 11.8. The fourth-order valence-electron chi connectivity index (χ4n) is 3.15. The van der Waals surface area contributed by atoms with E-state index in [1.165, 1.54) is 5.56 Å². The Morgan fingerprint density at radius 3 is 2.52 bits per heavy atom. The molecular weight excluding hydrogens is 508 g/mol. The van der Waals surface area contributed by atoms with E-state index in [2.05, 4.69) is 97.0 Å². The molecule has 1 aliphatic heterocycles. The SMILES string of the molecule is CC1(C)N=C(c2cnc3cc(Br)ccc3c2)c2ccccc2C1(Br)Br. The van der Waals surface area contributed by atoms with Crippen LogP contribution in [0.3, 0.4) is 0 Å². The summed E-state index contributed by atoms with van der Waals surface area (Å²) in [6, 6.07) is 16.7. The summed E-state index contributed by atoms with van der Waals surface area (Å²) in [6.45, 7) is 4.25. The summed E-state index contributed by atoms with van der Waals surface area (Å²) in [5.74, 6) is 0. The summed E-state index contributed by atoms with van der Waals surface area (Å²) in [7, 11) is 0. The Kier molecular flexibility index (Phi) is 4.17. The van der Waals surface area contributed by atoms with Crippen molar-refractivity contribution in [3.8, 4) is 0 Å². The maximum atomic E-state index is 5.08. The van der Waals surface area contributed by atoms with Gasteiger partial charge in [-0.2, -0.15) is 0 Å². The fourth-order valence-corrected chi connectivity index (χ4v) is 4.36. The highest BCUT2D eigenvalue weighted by Gasteiger charge is 2.47. The molecule has 1 aromatic heterocycles. The predicted octanol–water partition coefficient (Wildman–Crippen LogP) is 6.57. The maximum absolute atomic E-state index is 5.08. The summed E-state index contributed by atoms with van der Waals surface area (Å²) >= 11 is 11.2. The largest absolute Gasteiger partial charge is 0.275 e. The number of aromatic nitrogens is 1. The van der Waals surface area contributed by atoms with Crippen LogP contribution in [0.5, 0.6) is 0 Å². The van der Waals surface area contributed by atoms with Crippen molar-refractivity contribution < 1.29 is 0 Å². The molecule has 5 heteroatoms. The quantitative estimate of drug-likeness (QED) is 0.332. The first-order valence-corrected chi connectivity index (χ1v) is 10.3. The number of hydrogen-bond donors (Lipinski definition) is 0. The molecule has 4 rings (SSSR count). The third-order valence-corrected chi connectivity index (χ3v) is 7.89. The van der Waals surface area contributed by atoms with Crippen LogP contribution in [0.2, 0.25) is 0 Å². The van der Waals surface area contributed by atoms with Crippen molar-refractivity contribution in [1.82, 2.24) is 4.98 Å². The zero-order valence-corrected chi connectivity index (χ0v) is 18.5. The van der Waals surface area contributed by atoms with Crippen LogP contribution in [0.15, 0.2) is 64.2 Å². The summed E-state index contributed by atoms with van der Waals surface area (Å²) in [5.41, 5.74) is 4.93. The number of benzene rings is 2. The molecule has 25 heavy (non-hydrogen) atoms. The monoisotopic (exact) mass is 520 g/mol. The number of rotatable bonds is 1. The van der Waals surface area contributed by atoms with Gasteiger partial charge in [0.2, 0.25) is 0 Å². The van der Waals surface area contributed by atoms with E-state index in [1.807, 2.05) is 24.4 Å². The topological polar surface area (TPSA) is 25.2 Å². The van der Waals surface area contributed by atoms with E-state index in [0.29, 0.717) is 0 Å². The second-order valence-electron chi connectivity index (χ2n) is 6.70.